The number of ether oxygens (including phenoxy) is 1. The minimum atomic E-state index is -0.348. The Bertz CT molecular complexity index is 694. The molecule has 0 aliphatic carbocycles. The van der Waals surface area contributed by atoms with Crippen LogP contribution in [0.25, 0.3) is 0 Å². The molecule has 0 radical (unpaired) electrons. The zero-order chi connectivity index (χ0) is 15.0. The first kappa shape index (κ1) is 13.3. The topological polar surface area (TPSA) is 78.8 Å². The van der Waals surface area contributed by atoms with Gasteiger partial charge in [0.1, 0.15) is 5.75 Å². The van der Waals surface area contributed by atoms with Crippen LogP contribution in [-0.2, 0) is 11.2 Å². The molecule has 2 aromatic rings. The van der Waals surface area contributed by atoms with E-state index in [-0.39, 0.29) is 29.9 Å². The summed E-state index contributed by atoms with van der Waals surface area (Å²) in [6.07, 6.45) is 0.251. The molecule has 1 unspecified atom stereocenters. The fourth-order valence-corrected chi connectivity index (χ4v) is 2.60. The normalized spacial score (nSPS) is 17.0. The van der Waals surface area contributed by atoms with Crippen molar-refractivity contribution in [2.75, 3.05) is 7.11 Å². The number of hydrogen-bond acceptors (Lipinski definition) is 4. The molecule has 5 nitrogen and oxygen atoms in total. The molecule has 0 bridgehead atoms. The Morgan fingerprint density at radius 3 is 2.57 bits per heavy atom. The van der Waals surface area contributed by atoms with E-state index >= 15 is 0 Å². The van der Waals surface area contributed by atoms with Gasteiger partial charge in [0.2, 0.25) is 5.91 Å². The number of rotatable bonds is 2. The Kier molecular flexibility index (Phi) is 3.17. The van der Waals surface area contributed by atoms with Crippen molar-refractivity contribution in [3.8, 4) is 17.2 Å². The van der Waals surface area contributed by atoms with Crippen LogP contribution in [0.5, 0.6) is 17.2 Å². The summed E-state index contributed by atoms with van der Waals surface area (Å²) < 4.78 is 5.09. The van der Waals surface area contributed by atoms with Crippen LogP contribution in [0.4, 0.5) is 0 Å². The smallest absolute Gasteiger partial charge is 0.225 e. The number of carbonyl (C=O) groups excluding carboxylic acids is 1. The molecular weight excluding hydrogens is 270 g/mol. The van der Waals surface area contributed by atoms with E-state index in [0.717, 1.165) is 16.7 Å². The Morgan fingerprint density at radius 1 is 1.19 bits per heavy atom. The van der Waals surface area contributed by atoms with Gasteiger partial charge < -0.3 is 20.3 Å². The van der Waals surface area contributed by atoms with Gasteiger partial charge in [0, 0.05) is 0 Å². The van der Waals surface area contributed by atoms with Crippen molar-refractivity contribution >= 4 is 5.91 Å². The Labute approximate surface area is 121 Å². The van der Waals surface area contributed by atoms with E-state index < -0.39 is 0 Å². The molecule has 1 atom stereocenters. The second-order valence-corrected chi connectivity index (χ2v) is 4.99. The number of hydrogen-bond donors (Lipinski definition) is 3. The third kappa shape index (κ3) is 2.38. The fraction of sp³-hybridized carbons (Fsp3) is 0.188. The second kappa shape index (κ2) is 5.01. The Hall–Kier alpha value is -2.69. The van der Waals surface area contributed by atoms with Crippen LogP contribution < -0.4 is 10.1 Å². The van der Waals surface area contributed by atoms with Crippen molar-refractivity contribution < 1.29 is 19.7 Å². The molecule has 0 saturated carbocycles. The minimum Gasteiger partial charge on any atom is -0.508 e. The van der Waals surface area contributed by atoms with Crippen LogP contribution in [0, 0.1) is 0 Å². The van der Waals surface area contributed by atoms with Crippen LogP contribution >= 0.6 is 0 Å². The predicted octanol–water partition coefficient (Wildman–Crippen LogP) is 1.87. The number of phenolic OH excluding ortho intramolecular Hbond substituents is 2. The number of amides is 1. The van der Waals surface area contributed by atoms with Crippen molar-refractivity contribution in [2.45, 2.75) is 12.5 Å². The van der Waals surface area contributed by atoms with Gasteiger partial charge in [0.05, 0.1) is 19.6 Å². The number of phenols is 2. The molecule has 0 spiro atoms. The summed E-state index contributed by atoms with van der Waals surface area (Å²) in [7, 11) is 1.47. The average Bonchev–Trinajstić information content (AvgIpc) is 2.47. The van der Waals surface area contributed by atoms with Crippen molar-refractivity contribution in [1.82, 2.24) is 5.32 Å². The van der Waals surface area contributed by atoms with Gasteiger partial charge in [0.25, 0.3) is 0 Å². The number of aromatic hydroxyl groups is 2. The molecule has 1 amide bonds. The molecule has 1 heterocycles. The largest absolute Gasteiger partial charge is 0.508 e. The summed E-state index contributed by atoms with van der Waals surface area (Å²) in [5.41, 5.74) is 2.50. The zero-order valence-electron chi connectivity index (χ0n) is 11.5. The van der Waals surface area contributed by atoms with Gasteiger partial charge in [-0.1, -0.05) is 12.1 Å². The van der Waals surface area contributed by atoms with Crippen LogP contribution in [0.3, 0.4) is 0 Å². The molecule has 0 aromatic heterocycles. The third-order valence-electron chi connectivity index (χ3n) is 3.63. The number of benzene rings is 2. The van der Waals surface area contributed by atoms with Crippen molar-refractivity contribution in [3.05, 3.63) is 53.1 Å². The van der Waals surface area contributed by atoms with E-state index in [2.05, 4.69) is 5.32 Å². The number of fused-ring (bicyclic) bond motifs is 1. The zero-order valence-corrected chi connectivity index (χ0v) is 11.5. The molecule has 2 aromatic carbocycles. The standard InChI is InChI=1S/C16H15NO4/c1-21-14-6-10-7-15(20)17-16(12(10)8-13(14)19)9-2-4-11(18)5-3-9/h2-6,8,16,18-19H,7H2,1H3,(H,17,20). The highest BCUT2D eigenvalue weighted by Crippen LogP contribution is 2.37. The molecule has 21 heavy (non-hydrogen) atoms. The molecular formula is C16H15NO4. The molecule has 0 fully saturated rings. The minimum absolute atomic E-state index is 0.0381. The lowest BCUT2D eigenvalue weighted by molar-refractivity contribution is -0.121. The highest BCUT2D eigenvalue weighted by molar-refractivity contribution is 5.82. The SMILES string of the molecule is COc1cc2c(cc1O)C(c1ccc(O)cc1)NC(=O)C2. The van der Waals surface area contributed by atoms with Crippen molar-refractivity contribution in [2.24, 2.45) is 0 Å². The van der Waals surface area contributed by atoms with Crippen molar-refractivity contribution in [3.63, 3.8) is 0 Å². The van der Waals surface area contributed by atoms with Crippen LogP contribution in [-0.4, -0.2) is 23.2 Å². The summed E-state index contributed by atoms with van der Waals surface area (Å²) in [4.78, 5) is 11.9. The molecule has 3 rings (SSSR count). The van der Waals surface area contributed by atoms with E-state index in [9.17, 15) is 15.0 Å². The summed E-state index contributed by atoms with van der Waals surface area (Å²) in [5, 5.41) is 22.2. The average molecular weight is 285 g/mol. The van der Waals surface area contributed by atoms with Gasteiger partial charge in [0.15, 0.2) is 11.5 Å². The second-order valence-electron chi connectivity index (χ2n) is 4.99. The van der Waals surface area contributed by atoms with Gasteiger partial charge in [-0.3, -0.25) is 4.79 Å². The van der Waals surface area contributed by atoms with Gasteiger partial charge in [-0.05, 0) is 41.0 Å². The maximum absolute atomic E-state index is 11.9. The van der Waals surface area contributed by atoms with Gasteiger partial charge >= 0.3 is 0 Å². The monoisotopic (exact) mass is 285 g/mol. The van der Waals surface area contributed by atoms with E-state index in [0.29, 0.717) is 5.75 Å². The first-order valence-electron chi connectivity index (χ1n) is 6.56. The first-order chi connectivity index (χ1) is 10.1. The van der Waals surface area contributed by atoms with Crippen LogP contribution in [0.15, 0.2) is 36.4 Å². The molecule has 108 valence electrons. The van der Waals surface area contributed by atoms with E-state index in [1.54, 1.807) is 36.4 Å². The van der Waals surface area contributed by atoms with E-state index in [4.69, 9.17) is 4.74 Å². The molecule has 1 aliphatic rings. The lowest BCUT2D eigenvalue weighted by Gasteiger charge is -2.27. The van der Waals surface area contributed by atoms with Crippen molar-refractivity contribution in [1.29, 1.82) is 0 Å². The van der Waals surface area contributed by atoms with Gasteiger partial charge in [-0.25, -0.2) is 0 Å². The maximum atomic E-state index is 11.9. The van der Waals surface area contributed by atoms with E-state index in [1.807, 2.05) is 0 Å². The number of methoxy groups -OCH3 is 1. The lowest BCUT2D eigenvalue weighted by atomic mass is 9.89. The fourth-order valence-electron chi connectivity index (χ4n) is 2.60. The van der Waals surface area contributed by atoms with E-state index in [1.165, 1.54) is 7.11 Å². The van der Waals surface area contributed by atoms with Crippen LogP contribution in [0.1, 0.15) is 22.7 Å². The quantitative estimate of drug-likeness (QED) is 0.787. The number of carbonyl (C=O) groups is 1. The molecule has 5 heteroatoms. The Balaban J connectivity index is 2.10. The predicted molar refractivity (Wildman–Crippen MR) is 76.5 cm³/mol. The summed E-state index contributed by atoms with van der Waals surface area (Å²) in [5.74, 6) is 0.469. The highest BCUT2D eigenvalue weighted by Gasteiger charge is 2.27. The number of nitrogens with one attached hydrogen (secondary N) is 1. The summed E-state index contributed by atoms with van der Waals surface area (Å²) in [6.45, 7) is 0. The van der Waals surface area contributed by atoms with Crippen LogP contribution in [0.2, 0.25) is 0 Å². The molecule has 0 saturated heterocycles. The lowest BCUT2D eigenvalue weighted by Crippen LogP contribution is -2.35. The molecule has 3 N–H and O–H groups in total. The first-order valence-corrected chi connectivity index (χ1v) is 6.56. The Morgan fingerprint density at radius 2 is 1.90 bits per heavy atom. The summed E-state index contributed by atoms with van der Waals surface area (Å²) in [6, 6.07) is 9.59. The maximum Gasteiger partial charge on any atom is 0.225 e. The molecule has 1 aliphatic heterocycles. The highest BCUT2D eigenvalue weighted by atomic mass is 16.5. The summed E-state index contributed by atoms with van der Waals surface area (Å²) >= 11 is 0. The third-order valence-corrected chi connectivity index (χ3v) is 3.63. The van der Waals surface area contributed by atoms with Gasteiger partial charge in [-0.15, -0.1) is 0 Å². The van der Waals surface area contributed by atoms with Gasteiger partial charge in [-0.2, -0.15) is 0 Å².